The molecule has 0 radical (unpaired) electrons. The number of carbonyl (C=O) groups is 1. The number of hydrogen-bond donors (Lipinski definition) is 1. The summed E-state index contributed by atoms with van der Waals surface area (Å²) in [4.78, 5) is 15.2. The van der Waals surface area contributed by atoms with Crippen LogP contribution in [0.1, 0.15) is 19.8 Å². The summed E-state index contributed by atoms with van der Waals surface area (Å²) in [6.45, 7) is 1.96. The van der Waals surface area contributed by atoms with Gasteiger partial charge in [-0.25, -0.2) is 4.98 Å². The highest BCUT2D eigenvalue weighted by atomic mass is 16.5. The standard InChI is InChI=1S/C10H14N2O2/c1-3-4-10(13)12-9-6-5-8(14-2)7-11-9/h5-7H,3-4H2,1-2H3,(H,11,12,13). The summed E-state index contributed by atoms with van der Waals surface area (Å²) in [5, 5.41) is 2.69. The fourth-order valence-corrected chi connectivity index (χ4v) is 1.01. The van der Waals surface area contributed by atoms with E-state index in [1.807, 2.05) is 6.92 Å². The molecule has 0 saturated carbocycles. The van der Waals surface area contributed by atoms with Crippen LogP contribution in [-0.4, -0.2) is 18.0 Å². The maximum absolute atomic E-state index is 11.2. The third kappa shape index (κ3) is 3.05. The number of anilines is 1. The van der Waals surface area contributed by atoms with E-state index in [2.05, 4.69) is 10.3 Å². The van der Waals surface area contributed by atoms with Crippen molar-refractivity contribution in [3.8, 4) is 5.75 Å². The maximum Gasteiger partial charge on any atom is 0.225 e. The van der Waals surface area contributed by atoms with Crippen molar-refractivity contribution in [3.05, 3.63) is 18.3 Å². The molecule has 14 heavy (non-hydrogen) atoms. The molecule has 4 nitrogen and oxygen atoms in total. The van der Waals surface area contributed by atoms with Crippen LogP contribution in [0, 0.1) is 0 Å². The van der Waals surface area contributed by atoms with Crippen molar-refractivity contribution >= 4 is 11.7 Å². The minimum Gasteiger partial charge on any atom is -0.495 e. The molecular formula is C10H14N2O2. The van der Waals surface area contributed by atoms with Crippen LogP contribution in [0.25, 0.3) is 0 Å². The van der Waals surface area contributed by atoms with E-state index in [1.165, 1.54) is 0 Å². The molecule has 76 valence electrons. The average molecular weight is 194 g/mol. The summed E-state index contributed by atoms with van der Waals surface area (Å²) < 4.78 is 4.95. The summed E-state index contributed by atoms with van der Waals surface area (Å²) in [6, 6.07) is 3.47. The van der Waals surface area contributed by atoms with E-state index >= 15 is 0 Å². The van der Waals surface area contributed by atoms with E-state index < -0.39 is 0 Å². The predicted octanol–water partition coefficient (Wildman–Crippen LogP) is 1.83. The quantitative estimate of drug-likeness (QED) is 0.795. The molecule has 1 aromatic heterocycles. The van der Waals surface area contributed by atoms with E-state index in [1.54, 1.807) is 25.4 Å². The van der Waals surface area contributed by atoms with Crippen LogP contribution in [0.15, 0.2) is 18.3 Å². The SMILES string of the molecule is CCCC(=O)Nc1ccc(OC)cn1. The molecule has 0 spiro atoms. The number of nitrogens with zero attached hydrogens (tertiary/aromatic N) is 1. The lowest BCUT2D eigenvalue weighted by atomic mass is 10.3. The van der Waals surface area contributed by atoms with Gasteiger partial charge in [0.1, 0.15) is 11.6 Å². The van der Waals surface area contributed by atoms with Crippen molar-refractivity contribution < 1.29 is 9.53 Å². The Morgan fingerprint density at radius 3 is 2.86 bits per heavy atom. The molecule has 0 aliphatic heterocycles. The molecule has 0 saturated heterocycles. The summed E-state index contributed by atoms with van der Waals surface area (Å²) in [5.74, 6) is 1.23. The van der Waals surface area contributed by atoms with Gasteiger partial charge in [-0.05, 0) is 18.6 Å². The highest BCUT2D eigenvalue weighted by Gasteiger charge is 2.01. The number of rotatable bonds is 4. The Hall–Kier alpha value is -1.58. The Morgan fingerprint density at radius 1 is 1.57 bits per heavy atom. The van der Waals surface area contributed by atoms with Crippen molar-refractivity contribution in [1.29, 1.82) is 0 Å². The van der Waals surface area contributed by atoms with Crippen molar-refractivity contribution in [2.45, 2.75) is 19.8 Å². The van der Waals surface area contributed by atoms with Gasteiger partial charge in [0.05, 0.1) is 13.3 Å². The van der Waals surface area contributed by atoms with Gasteiger partial charge in [0.25, 0.3) is 0 Å². The summed E-state index contributed by atoms with van der Waals surface area (Å²) >= 11 is 0. The molecule has 0 aliphatic carbocycles. The van der Waals surface area contributed by atoms with Gasteiger partial charge in [-0.2, -0.15) is 0 Å². The molecule has 1 N–H and O–H groups in total. The third-order valence-corrected chi connectivity index (χ3v) is 1.72. The van der Waals surface area contributed by atoms with Crippen LogP contribution in [0.5, 0.6) is 5.75 Å². The highest BCUT2D eigenvalue weighted by Crippen LogP contribution is 2.11. The second-order valence-corrected chi connectivity index (χ2v) is 2.88. The normalized spacial score (nSPS) is 9.57. The van der Waals surface area contributed by atoms with Crippen LogP contribution >= 0.6 is 0 Å². The van der Waals surface area contributed by atoms with Gasteiger partial charge >= 0.3 is 0 Å². The van der Waals surface area contributed by atoms with Gasteiger partial charge in [-0.1, -0.05) is 6.92 Å². The molecular weight excluding hydrogens is 180 g/mol. The third-order valence-electron chi connectivity index (χ3n) is 1.72. The molecule has 0 fully saturated rings. The van der Waals surface area contributed by atoms with Gasteiger partial charge in [0.15, 0.2) is 0 Å². The highest BCUT2D eigenvalue weighted by molar-refractivity contribution is 5.89. The monoisotopic (exact) mass is 194 g/mol. The van der Waals surface area contributed by atoms with Crippen molar-refractivity contribution in [2.75, 3.05) is 12.4 Å². The van der Waals surface area contributed by atoms with Crippen LogP contribution in [0.2, 0.25) is 0 Å². The molecule has 1 rings (SSSR count). The predicted molar refractivity (Wildman–Crippen MR) is 54.3 cm³/mol. The Balaban J connectivity index is 2.55. The number of methoxy groups -OCH3 is 1. The first-order chi connectivity index (χ1) is 6.76. The van der Waals surface area contributed by atoms with E-state index in [-0.39, 0.29) is 5.91 Å². The Labute approximate surface area is 83.3 Å². The van der Waals surface area contributed by atoms with Crippen LogP contribution in [0.3, 0.4) is 0 Å². The second-order valence-electron chi connectivity index (χ2n) is 2.88. The van der Waals surface area contributed by atoms with Crippen LogP contribution < -0.4 is 10.1 Å². The second kappa shape index (κ2) is 5.21. The van der Waals surface area contributed by atoms with E-state index in [4.69, 9.17) is 4.74 Å². The van der Waals surface area contributed by atoms with Gasteiger partial charge in [-0.15, -0.1) is 0 Å². The zero-order chi connectivity index (χ0) is 10.4. The van der Waals surface area contributed by atoms with Gasteiger partial charge in [0.2, 0.25) is 5.91 Å². The Bertz CT molecular complexity index is 295. The molecule has 0 aromatic carbocycles. The fraction of sp³-hybridized carbons (Fsp3) is 0.400. The minimum absolute atomic E-state index is 0.00910. The molecule has 0 unspecified atom stereocenters. The Morgan fingerprint density at radius 2 is 2.36 bits per heavy atom. The first kappa shape index (κ1) is 10.5. The van der Waals surface area contributed by atoms with Gasteiger partial charge in [0, 0.05) is 6.42 Å². The zero-order valence-corrected chi connectivity index (χ0v) is 8.41. The lowest BCUT2D eigenvalue weighted by Gasteiger charge is -2.03. The summed E-state index contributed by atoms with van der Waals surface area (Å²) in [5.41, 5.74) is 0. The van der Waals surface area contributed by atoms with E-state index in [0.29, 0.717) is 18.0 Å². The summed E-state index contributed by atoms with van der Waals surface area (Å²) in [6.07, 6.45) is 2.93. The van der Waals surface area contributed by atoms with Crippen LogP contribution in [0.4, 0.5) is 5.82 Å². The first-order valence-electron chi connectivity index (χ1n) is 4.56. The van der Waals surface area contributed by atoms with E-state index in [0.717, 1.165) is 6.42 Å². The molecule has 0 atom stereocenters. The molecule has 4 heteroatoms. The van der Waals surface area contributed by atoms with Crippen molar-refractivity contribution in [1.82, 2.24) is 4.98 Å². The molecule has 0 bridgehead atoms. The number of aromatic nitrogens is 1. The molecule has 1 heterocycles. The molecule has 1 aromatic rings. The zero-order valence-electron chi connectivity index (χ0n) is 8.41. The number of carbonyl (C=O) groups excluding carboxylic acids is 1. The summed E-state index contributed by atoms with van der Waals surface area (Å²) in [7, 11) is 1.58. The lowest BCUT2D eigenvalue weighted by molar-refractivity contribution is -0.116. The lowest BCUT2D eigenvalue weighted by Crippen LogP contribution is -2.11. The Kier molecular flexibility index (Phi) is 3.91. The van der Waals surface area contributed by atoms with Gasteiger partial charge in [-0.3, -0.25) is 4.79 Å². The van der Waals surface area contributed by atoms with Gasteiger partial charge < -0.3 is 10.1 Å². The van der Waals surface area contributed by atoms with Crippen molar-refractivity contribution in [2.24, 2.45) is 0 Å². The van der Waals surface area contributed by atoms with Crippen molar-refractivity contribution in [3.63, 3.8) is 0 Å². The molecule has 0 aliphatic rings. The largest absolute Gasteiger partial charge is 0.495 e. The van der Waals surface area contributed by atoms with E-state index in [9.17, 15) is 4.79 Å². The first-order valence-corrected chi connectivity index (χ1v) is 4.56. The number of ether oxygens (including phenoxy) is 1. The number of nitrogens with one attached hydrogen (secondary N) is 1. The smallest absolute Gasteiger partial charge is 0.225 e. The minimum atomic E-state index is -0.00910. The number of hydrogen-bond acceptors (Lipinski definition) is 3. The molecule has 1 amide bonds. The number of amides is 1. The van der Waals surface area contributed by atoms with Crippen LogP contribution in [-0.2, 0) is 4.79 Å². The number of pyridine rings is 1. The maximum atomic E-state index is 11.2. The topological polar surface area (TPSA) is 51.2 Å². The fourth-order valence-electron chi connectivity index (χ4n) is 1.01. The average Bonchev–Trinajstić information content (AvgIpc) is 2.19.